The topological polar surface area (TPSA) is 60.2 Å². The summed E-state index contributed by atoms with van der Waals surface area (Å²) in [6.07, 6.45) is 4.19. The predicted octanol–water partition coefficient (Wildman–Crippen LogP) is 2.81. The van der Waals surface area contributed by atoms with Crippen molar-refractivity contribution in [3.63, 3.8) is 0 Å². The molecule has 0 bridgehead atoms. The van der Waals surface area contributed by atoms with Gasteiger partial charge in [-0.1, -0.05) is 19.9 Å². The minimum Gasteiger partial charge on any atom is -0.384 e. The molecule has 1 aliphatic rings. The Kier molecular flexibility index (Phi) is 4.07. The maximum Gasteiger partial charge on any atom is 0.128 e. The molecule has 1 atom stereocenters. The first-order chi connectivity index (χ1) is 8.67. The van der Waals surface area contributed by atoms with E-state index in [2.05, 4.69) is 24.1 Å². The van der Waals surface area contributed by atoms with E-state index >= 15 is 0 Å². The van der Waals surface area contributed by atoms with Gasteiger partial charge in [-0.25, -0.2) is 4.98 Å². The maximum atomic E-state index is 5.97. The van der Waals surface area contributed by atoms with E-state index in [0.29, 0.717) is 11.9 Å². The fourth-order valence-corrected chi connectivity index (χ4v) is 2.63. The van der Waals surface area contributed by atoms with Gasteiger partial charge in [-0.15, -0.1) is 0 Å². The summed E-state index contributed by atoms with van der Waals surface area (Å²) in [6, 6.07) is 6.12. The minimum absolute atomic E-state index is 0.0379. The second-order valence-electron chi connectivity index (χ2n) is 5.02. The number of ether oxygens (including phenoxy) is 1. The molecular formula is C14H23N3O. The van der Waals surface area contributed by atoms with Gasteiger partial charge < -0.3 is 15.8 Å². The molecule has 1 unspecified atom stereocenters. The molecule has 1 saturated heterocycles. The number of hydrogen-bond acceptors (Lipinski definition) is 4. The van der Waals surface area contributed by atoms with Crippen LogP contribution in [0.1, 0.15) is 39.5 Å². The van der Waals surface area contributed by atoms with Gasteiger partial charge >= 0.3 is 0 Å². The van der Waals surface area contributed by atoms with Crippen molar-refractivity contribution < 1.29 is 4.74 Å². The van der Waals surface area contributed by atoms with Gasteiger partial charge in [0.2, 0.25) is 0 Å². The summed E-state index contributed by atoms with van der Waals surface area (Å²) < 4.78 is 5.97. The Labute approximate surface area is 109 Å². The summed E-state index contributed by atoms with van der Waals surface area (Å²) in [7, 11) is 0. The van der Waals surface area contributed by atoms with Gasteiger partial charge in [-0.3, -0.25) is 0 Å². The third-order valence-electron chi connectivity index (χ3n) is 3.90. The summed E-state index contributed by atoms with van der Waals surface area (Å²) >= 11 is 0. The van der Waals surface area contributed by atoms with Crippen LogP contribution in [0.5, 0.6) is 0 Å². The Morgan fingerprint density at radius 2 is 2.22 bits per heavy atom. The van der Waals surface area contributed by atoms with Crippen molar-refractivity contribution in [3.05, 3.63) is 18.2 Å². The fraction of sp³-hybridized carbons (Fsp3) is 0.643. The average molecular weight is 249 g/mol. The number of anilines is 2. The molecule has 0 aromatic carbocycles. The van der Waals surface area contributed by atoms with Crippen LogP contribution in [0, 0.1) is 0 Å². The zero-order valence-electron chi connectivity index (χ0n) is 11.3. The number of rotatable bonds is 4. The highest BCUT2D eigenvalue weighted by atomic mass is 16.5. The first kappa shape index (κ1) is 13.1. The minimum atomic E-state index is 0.0379. The molecule has 1 aliphatic heterocycles. The smallest absolute Gasteiger partial charge is 0.128 e. The Balaban J connectivity index is 2.01. The molecule has 0 aliphatic carbocycles. The van der Waals surface area contributed by atoms with Gasteiger partial charge in [-0.05, 0) is 37.8 Å². The van der Waals surface area contributed by atoms with Crippen molar-refractivity contribution in [2.75, 3.05) is 17.7 Å². The Morgan fingerprint density at radius 1 is 1.44 bits per heavy atom. The quantitative estimate of drug-likeness (QED) is 0.861. The van der Waals surface area contributed by atoms with Crippen LogP contribution >= 0.6 is 0 Å². The molecule has 4 nitrogen and oxygen atoms in total. The molecule has 2 heterocycles. The number of nitrogens with two attached hydrogens (primary N) is 1. The zero-order chi connectivity index (χ0) is 13.0. The molecule has 0 spiro atoms. The number of nitrogens with one attached hydrogen (secondary N) is 1. The van der Waals surface area contributed by atoms with E-state index in [-0.39, 0.29) is 5.60 Å². The second kappa shape index (κ2) is 5.57. The van der Waals surface area contributed by atoms with E-state index in [4.69, 9.17) is 10.5 Å². The first-order valence-corrected chi connectivity index (χ1v) is 6.80. The normalized spacial score (nSPS) is 22.7. The first-order valence-electron chi connectivity index (χ1n) is 6.80. The highest BCUT2D eigenvalue weighted by molar-refractivity contribution is 5.43. The van der Waals surface area contributed by atoms with Crippen LogP contribution in [0.4, 0.5) is 11.6 Å². The molecule has 0 radical (unpaired) electrons. The van der Waals surface area contributed by atoms with Gasteiger partial charge in [0.25, 0.3) is 0 Å². The molecular weight excluding hydrogens is 226 g/mol. The van der Waals surface area contributed by atoms with Gasteiger partial charge in [0.05, 0.1) is 5.60 Å². The van der Waals surface area contributed by atoms with E-state index in [9.17, 15) is 0 Å². The molecule has 1 fully saturated rings. The van der Waals surface area contributed by atoms with E-state index in [0.717, 1.165) is 38.1 Å². The van der Waals surface area contributed by atoms with E-state index in [1.54, 1.807) is 6.07 Å². The molecule has 3 N–H and O–H groups in total. The lowest BCUT2D eigenvalue weighted by Gasteiger charge is -2.40. The molecule has 18 heavy (non-hydrogen) atoms. The summed E-state index contributed by atoms with van der Waals surface area (Å²) in [5, 5.41) is 3.47. The van der Waals surface area contributed by atoms with E-state index < -0.39 is 0 Å². The second-order valence-corrected chi connectivity index (χ2v) is 5.02. The summed E-state index contributed by atoms with van der Waals surface area (Å²) in [5.74, 6) is 1.42. The third kappa shape index (κ3) is 2.93. The number of nitrogens with zero attached hydrogens (tertiary/aromatic N) is 1. The molecule has 100 valence electrons. The highest BCUT2D eigenvalue weighted by Crippen LogP contribution is 2.32. The van der Waals surface area contributed by atoms with E-state index in [1.807, 2.05) is 12.1 Å². The third-order valence-corrected chi connectivity index (χ3v) is 3.90. The fourth-order valence-electron chi connectivity index (χ4n) is 2.63. The number of nitrogen functional groups attached to an aromatic ring is 1. The lowest BCUT2D eigenvalue weighted by Crippen LogP contribution is -2.43. The van der Waals surface area contributed by atoms with Crippen LogP contribution in [0.25, 0.3) is 0 Å². The molecule has 2 rings (SSSR count). The van der Waals surface area contributed by atoms with E-state index in [1.165, 1.54) is 0 Å². The Bertz CT molecular complexity index is 390. The molecule has 4 heteroatoms. The lowest BCUT2D eigenvalue weighted by molar-refractivity contribution is -0.0864. The molecule has 1 aromatic heterocycles. The van der Waals surface area contributed by atoms with Crippen LogP contribution in [0.3, 0.4) is 0 Å². The van der Waals surface area contributed by atoms with Crippen molar-refractivity contribution in [3.8, 4) is 0 Å². The van der Waals surface area contributed by atoms with Crippen LogP contribution in [0.2, 0.25) is 0 Å². The lowest BCUT2D eigenvalue weighted by atomic mass is 9.86. The standard InChI is InChI=1S/C14H23N3O/c1-3-14(4-2)10-11(8-9-18-14)16-13-7-5-6-12(15)17-13/h5-7,11H,3-4,8-10H2,1-2H3,(H3,15,16,17). The Hall–Kier alpha value is -1.29. The van der Waals surface area contributed by atoms with Crippen LogP contribution in [0.15, 0.2) is 18.2 Å². The summed E-state index contributed by atoms with van der Waals surface area (Å²) in [6.45, 7) is 5.22. The molecule has 1 aromatic rings. The van der Waals surface area contributed by atoms with Crippen LogP contribution < -0.4 is 11.1 Å². The molecule has 0 saturated carbocycles. The highest BCUT2D eigenvalue weighted by Gasteiger charge is 2.34. The maximum absolute atomic E-state index is 5.97. The Morgan fingerprint density at radius 3 is 2.89 bits per heavy atom. The molecule has 0 amide bonds. The monoisotopic (exact) mass is 249 g/mol. The number of aromatic nitrogens is 1. The van der Waals surface area contributed by atoms with Crippen LogP contribution in [-0.2, 0) is 4.74 Å². The predicted molar refractivity (Wildman–Crippen MR) is 74.6 cm³/mol. The summed E-state index contributed by atoms with van der Waals surface area (Å²) in [5.41, 5.74) is 5.73. The SMILES string of the molecule is CCC1(CC)CC(Nc2cccc(N)n2)CCO1. The van der Waals surface area contributed by atoms with Gasteiger partial charge in [0, 0.05) is 12.6 Å². The van der Waals surface area contributed by atoms with Gasteiger partial charge in [0.1, 0.15) is 11.6 Å². The summed E-state index contributed by atoms with van der Waals surface area (Å²) in [4.78, 5) is 4.29. The van der Waals surface area contributed by atoms with Gasteiger partial charge in [-0.2, -0.15) is 0 Å². The number of hydrogen-bond donors (Lipinski definition) is 2. The van der Waals surface area contributed by atoms with Crippen LogP contribution in [-0.4, -0.2) is 23.2 Å². The van der Waals surface area contributed by atoms with Crippen molar-refractivity contribution in [2.45, 2.75) is 51.2 Å². The largest absolute Gasteiger partial charge is 0.384 e. The average Bonchev–Trinajstić information content (AvgIpc) is 2.39. The van der Waals surface area contributed by atoms with Gasteiger partial charge in [0.15, 0.2) is 0 Å². The van der Waals surface area contributed by atoms with Crippen molar-refractivity contribution in [1.29, 1.82) is 0 Å². The van der Waals surface area contributed by atoms with Crippen molar-refractivity contribution >= 4 is 11.6 Å². The zero-order valence-corrected chi connectivity index (χ0v) is 11.3. The number of pyridine rings is 1. The van der Waals surface area contributed by atoms with Crippen molar-refractivity contribution in [2.24, 2.45) is 0 Å². The van der Waals surface area contributed by atoms with Crippen molar-refractivity contribution in [1.82, 2.24) is 4.98 Å².